The molecule has 2 aliphatic heterocycles. The zero-order valence-corrected chi connectivity index (χ0v) is 12.7. The van der Waals surface area contributed by atoms with E-state index in [0.29, 0.717) is 12.0 Å². The molecule has 1 aromatic rings. The Labute approximate surface area is 126 Å². The predicted octanol–water partition coefficient (Wildman–Crippen LogP) is 3.12. The van der Waals surface area contributed by atoms with Crippen molar-refractivity contribution in [2.75, 3.05) is 25.6 Å². The molecule has 3 rings (SSSR count). The third kappa shape index (κ3) is 3.01. The monoisotopic (exact) mass is 291 g/mol. The van der Waals surface area contributed by atoms with Crippen LogP contribution in [0.1, 0.15) is 43.8 Å². The number of aliphatic hydroxyl groups excluding tert-OH is 1. The number of aliphatic hydroxyl groups is 1. The molecule has 0 aromatic heterocycles. The molecule has 4 heteroatoms. The lowest BCUT2D eigenvalue weighted by atomic mass is 9.78. The molecule has 116 valence electrons. The van der Waals surface area contributed by atoms with E-state index in [2.05, 4.69) is 17.4 Å². The number of unbranched alkanes of at least 4 members (excludes halogenated alkanes) is 1. The van der Waals surface area contributed by atoms with Gasteiger partial charge in [-0.15, -0.1) is 0 Å². The first-order valence-electron chi connectivity index (χ1n) is 8.00. The smallest absolute Gasteiger partial charge is 0.119 e. The summed E-state index contributed by atoms with van der Waals surface area (Å²) in [6.07, 6.45) is 5.56. The van der Waals surface area contributed by atoms with E-state index in [0.717, 1.165) is 38.0 Å². The highest BCUT2D eigenvalue weighted by Crippen LogP contribution is 2.45. The van der Waals surface area contributed by atoms with E-state index in [-0.39, 0.29) is 12.7 Å². The summed E-state index contributed by atoms with van der Waals surface area (Å²) in [5.41, 5.74) is 2.41. The van der Waals surface area contributed by atoms with Crippen LogP contribution in [-0.2, 0) is 4.74 Å². The largest absolute Gasteiger partial charge is 0.497 e. The standard InChI is InChI=1S/C17H25NO3/c1-20-12-7-8-16-14(11-12)17-13(5-4-10-21-17)15(18-16)6-2-3-9-19/h7-8,11,13,15,17-19H,2-6,9-10H2,1H3/t13-,15+,17+/m0/s1. The number of ether oxygens (including phenoxy) is 2. The predicted molar refractivity (Wildman–Crippen MR) is 82.8 cm³/mol. The van der Waals surface area contributed by atoms with Crippen LogP contribution in [0.4, 0.5) is 5.69 Å². The number of benzene rings is 1. The lowest BCUT2D eigenvalue weighted by Gasteiger charge is -2.43. The van der Waals surface area contributed by atoms with Gasteiger partial charge in [-0.05, 0) is 50.3 Å². The molecule has 0 unspecified atom stereocenters. The Bertz CT molecular complexity index is 477. The number of rotatable bonds is 5. The molecule has 2 aliphatic rings. The molecule has 2 heterocycles. The molecule has 3 atom stereocenters. The average molecular weight is 291 g/mol. The third-order valence-electron chi connectivity index (χ3n) is 4.71. The van der Waals surface area contributed by atoms with Crippen molar-refractivity contribution in [1.29, 1.82) is 0 Å². The fourth-order valence-corrected chi connectivity index (χ4v) is 3.64. The molecule has 4 nitrogen and oxygen atoms in total. The van der Waals surface area contributed by atoms with Gasteiger partial charge in [0.25, 0.3) is 0 Å². The molecule has 1 fully saturated rings. The van der Waals surface area contributed by atoms with Crippen LogP contribution >= 0.6 is 0 Å². The number of anilines is 1. The van der Waals surface area contributed by atoms with Crippen molar-refractivity contribution in [2.45, 2.75) is 44.2 Å². The summed E-state index contributed by atoms with van der Waals surface area (Å²) in [5, 5.41) is 12.7. The van der Waals surface area contributed by atoms with Crippen molar-refractivity contribution in [1.82, 2.24) is 0 Å². The van der Waals surface area contributed by atoms with Crippen molar-refractivity contribution in [3.05, 3.63) is 23.8 Å². The van der Waals surface area contributed by atoms with E-state index in [1.54, 1.807) is 7.11 Å². The summed E-state index contributed by atoms with van der Waals surface area (Å²) in [6.45, 7) is 1.13. The first-order chi connectivity index (χ1) is 10.3. The van der Waals surface area contributed by atoms with Crippen LogP contribution in [0.2, 0.25) is 0 Å². The van der Waals surface area contributed by atoms with Gasteiger partial charge in [0.1, 0.15) is 5.75 Å². The van der Waals surface area contributed by atoms with Crippen LogP contribution in [0.15, 0.2) is 18.2 Å². The topological polar surface area (TPSA) is 50.7 Å². The maximum atomic E-state index is 8.98. The Balaban J connectivity index is 1.83. The van der Waals surface area contributed by atoms with E-state index < -0.39 is 0 Å². The normalized spacial score (nSPS) is 27.4. The number of hydrogen-bond donors (Lipinski definition) is 2. The first kappa shape index (κ1) is 14.7. The third-order valence-corrected chi connectivity index (χ3v) is 4.71. The fraction of sp³-hybridized carbons (Fsp3) is 0.647. The molecule has 1 saturated heterocycles. The van der Waals surface area contributed by atoms with Crippen LogP contribution in [0.5, 0.6) is 5.75 Å². The highest BCUT2D eigenvalue weighted by atomic mass is 16.5. The van der Waals surface area contributed by atoms with Gasteiger partial charge < -0.3 is 19.9 Å². The highest BCUT2D eigenvalue weighted by molar-refractivity contribution is 5.58. The van der Waals surface area contributed by atoms with Crippen molar-refractivity contribution in [3.63, 3.8) is 0 Å². The Morgan fingerprint density at radius 2 is 2.29 bits per heavy atom. The van der Waals surface area contributed by atoms with E-state index >= 15 is 0 Å². The van der Waals surface area contributed by atoms with Gasteiger partial charge in [0.15, 0.2) is 0 Å². The second-order valence-corrected chi connectivity index (χ2v) is 6.02. The Morgan fingerprint density at radius 1 is 1.38 bits per heavy atom. The lowest BCUT2D eigenvalue weighted by molar-refractivity contribution is -0.0388. The summed E-state index contributed by atoms with van der Waals surface area (Å²) in [6, 6.07) is 6.65. The minimum Gasteiger partial charge on any atom is -0.497 e. The van der Waals surface area contributed by atoms with Crippen molar-refractivity contribution in [3.8, 4) is 5.75 Å². The summed E-state index contributed by atoms with van der Waals surface area (Å²) < 4.78 is 11.5. The maximum absolute atomic E-state index is 8.98. The Hall–Kier alpha value is -1.26. The quantitative estimate of drug-likeness (QED) is 0.818. The molecule has 0 saturated carbocycles. The molecule has 0 radical (unpaired) electrons. The first-order valence-corrected chi connectivity index (χ1v) is 8.00. The molecular formula is C17H25NO3. The van der Waals surface area contributed by atoms with Crippen LogP contribution in [0.3, 0.4) is 0 Å². The van der Waals surface area contributed by atoms with Gasteiger partial charge in [0, 0.05) is 36.4 Å². The molecule has 0 bridgehead atoms. The molecular weight excluding hydrogens is 266 g/mol. The van der Waals surface area contributed by atoms with Crippen LogP contribution in [0.25, 0.3) is 0 Å². The molecule has 1 aromatic carbocycles. The number of nitrogens with one attached hydrogen (secondary N) is 1. The zero-order chi connectivity index (χ0) is 14.7. The van der Waals surface area contributed by atoms with Crippen LogP contribution in [0, 0.1) is 5.92 Å². The van der Waals surface area contributed by atoms with Gasteiger partial charge in [0.05, 0.1) is 13.2 Å². The van der Waals surface area contributed by atoms with Crippen molar-refractivity contribution in [2.24, 2.45) is 5.92 Å². The number of hydrogen-bond acceptors (Lipinski definition) is 4. The average Bonchev–Trinajstić information content (AvgIpc) is 2.55. The van der Waals surface area contributed by atoms with E-state index in [4.69, 9.17) is 14.6 Å². The summed E-state index contributed by atoms with van der Waals surface area (Å²) in [4.78, 5) is 0. The molecule has 21 heavy (non-hydrogen) atoms. The van der Waals surface area contributed by atoms with Gasteiger partial charge in [-0.3, -0.25) is 0 Å². The zero-order valence-electron chi connectivity index (χ0n) is 12.7. The summed E-state index contributed by atoms with van der Waals surface area (Å²) >= 11 is 0. The van der Waals surface area contributed by atoms with E-state index in [1.807, 2.05) is 6.07 Å². The molecule has 0 amide bonds. The van der Waals surface area contributed by atoms with Gasteiger partial charge >= 0.3 is 0 Å². The van der Waals surface area contributed by atoms with E-state index in [1.165, 1.54) is 17.7 Å². The Kier molecular flexibility index (Phi) is 4.66. The van der Waals surface area contributed by atoms with Gasteiger partial charge in [0.2, 0.25) is 0 Å². The Morgan fingerprint density at radius 3 is 3.10 bits per heavy atom. The maximum Gasteiger partial charge on any atom is 0.119 e. The van der Waals surface area contributed by atoms with Gasteiger partial charge in [-0.25, -0.2) is 0 Å². The second kappa shape index (κ2) is 6.67. The highest BCUT2D eigenvalue weighted by Gasteiger charge is 2.38. The van der Waals surface area contributed by atoms with Crippen molar-refractivity contribution >= 4 is 5.69 Å². The van der Waals surface area contributed by atoms with E-state index in [9.17, 15) is 0 Å². The fourth-order valence-electron chi connectivity index (χ4n) is 3.64. The minimum absolute atomic E-state index is 0.184. The van der Waals surface area contributed by atoms with Gasteiger partial charge in [-0.2, -0.15) is 0 Å². The molecule has 2 N–H and O–H groups in total. The molecule has 0 aliphatic carbocycles. The van der Waals surface area contributed by atoms with Crippen LogP contribution in [-0.4, -0.2) is 31.5 Å². The lowest BCUT2D eigenvalue weighted by Crippen LogP contribution is -2.41. The van der Waals surface area contributed by atoms with Crippen LogP contribution < -0.4 is 10.1 Å². The minimum atomic E-state index is 0.184. The molecule has 0 spiro atoms. The van der Waals surface area contributed by atoms with Crippen molar-refractivity contribution < 1.29 is 14.6 Å². The SMILES string of the molecule is COc1ccc2c(c1)[C@@H]1OCCC[C@H]1[C@@H](CCCCO)N2. The number of fused-ring (bicyclic) bond motifs is 3. The number of methoxy groups -OCH3 is 1. The van der Waals surface area contributed by atoms with Gasteiger partial charge in [-0.1, -0.05) is 0 Å². The summed E-state index contributed by atoms with van der Waals surface area (Å²) in [5.74, 6) is 1.42. The summed E-state index contributed by atoms with van der Waals surface area (Å²) in [7, 11) is 1.70. The second-order valence-electron chi connectivity index (χ2n) is 6.02.